The third kappa shape index (κ3) is 3.77. The molecule has 3 aliphatic heterocycles. The number of ether oxygens (including phenoxy) is 3. The maximum Gasteiger partial charge on any atom is 0.257 e. The molecule has 8 nitrogen and oxygen atoms in total. The number of amides is 1. The SMILES string of the molecule is Cn1cc([C@H]2Nc3ccccc3C(=O)N2C[C@H]2CCCO2)c(-c2ccc3c(c2)OCCCO3)n1. The Labute approximate surface area is 198 Å². The van der Waals surface area contributed by atoms with E-state index < -0.39 is 0 Å². The van der Waals surface area contributed by atoms with Gasteiger partial charge in [0.2, 0.25) is 0 Å². The van der Waals surface area contributed by atoms with Crippen molar-refractivity contribution in [3.63, 3.8) is 0 Å². The Morgan fingerprint density at radius 3 is 2.76 bits per heavy atom. The lowest BCUT2D eigenvalue weighted by molar-refractivity contribution is 0.0427. The molecular formula is C26H28N4O4. The summed E-state index contributed by atoms with van der Waals surface area (Å²) in [7, 11) is 1.90. The Morgan fingerprint density at radius 2 is 1.91 bits per heavy atom. The standard InChI is InChI=1S/C26H28N4O4/c1-29-16-20(24(28-29)17-9-10-22-23(14-17)34-13-5-12-33-22)25-27-21-8-3-2-7-19(21)26(31)30(25)15-18-6-4-11-32-18/h2-3,7-10,14,16,18,25,27H,4-6,11-13,15H2,1H3/t18-,25+/m1/s1. The summed E-state index contributed by atoms with van der Waals surface area (Å²) in [6.07, 6.45) is 4.49. The second-order valence-corrected chi connectivity index (χ2v) is 9.00. The Morgan fingerprint density at radius 1 is 1.06 bits per heavy atom. The number of nitrogens with zero attached hydrogens (tertiary/aromatic N) is 3. The van der Waals surface area contributed by atoms with Crippen LogP contribution in [0.1, 0.15) is 41.3 Å². The van der Waals surface area contributed by atoms with E-state index >= 15 is 0 Å². The average Bonchev–Trinajstić information content (AvgIpc) is 3.44. The number of carbonyl (C=O) groups excluding carboxylic acids is 1. The van der Waals surface area contributed by atoms with Crippen molar-refractivity contribution >= 4 is 11.6 Å². The maximum absolute atomic E-state index is 13.6. The van der Waals surface area contributed by atoms with Crippen molar-refractivity contribution in [3.05, 3.63) is 59.8 Å². The number of anilines is 1. The first-order chi connectivity index (χ1) is 16.7. The molecule has 3 aromatic rings. The van der Waals surface area contributed by atoms with Gasteiger partial charge in [0.25, 0.3) is 5.91 Å². The van der Waals surface area contributed by atoms with Crippen LogP contribution in [0.5, 0.6) is 11.5 Å². The summed E-state index contributed by atoms with van der Waals surface area (Å²) < 4.78 is 19.4. The number of fused-ring (bicyclic) bond motifs is 2. The summed E-state index contributed by atoms with van der Waals surface area (Å²) in [6, 6.07) is 13.6. The van der Waals surface area contributed by atoms with Gasteiger partial charge >= 0.3 is 0 Å². The third-order valence-electron chi connectivity index (χ3n) is 6.62. The number of hydrogen-bond donors (Lipinski definition) is 1. The smallest absolute Gasteiger partial charge is 0.257 e. The highest BCUT2D eigenvalue weighted by Crippen LogP contribution is 2.40. The summed E-state index contributed by atoms with van der Waals surface area (Å²) in [5.41, 5.74) is 4.16. The molecule has 1 saturated heterocycles. The zero-order valence-corrected chi connectivity index (χ0v) is 19.2. The van der Waals surface area contributed by atoms with E-state index in [1.54, 1.807) is 4.68 Å². The van der Waals surface area contributed by atoms with Crippen molar-refractivity contribution in [1.29, 1.82) is 0 Å². The van der Waals surface area contributed by atoms with Gasteiger partial charge in [0, 0.05) is 49.6 Å². The molecular weight excluding hydrogens is 432 g/mol. The Kier molecular flexibility index (Phi) is 5.37. The van der Waals surface area contributed by atoms with Crippen LogP contribution in [-0.2, 0) is 11.8 Å². The lowest BCUT2D eigenvalue weighted by atomic mass is 10.00. The van der Waals surface area contributed by atoms with Crippen molar-refractivity contribution in [3.8, 4) is 22.8 Å². The summed E-state index contributed by atoms with van der Waals surface area (Å²) in [4.78, 5) is 15.5. The van der Waals surface area contributed by atoms with Gasteiger partial charge in [-0.05, 0) is 43.2 Å². The molecule has 0 aliphatic carbocycles. The molecule has 1 aromatic heterocycles. The fraction of sp³-hybridized carbons (Fsp3) is 0.385. The molecule has 176 valence electrons. The van der Waals surface area contributed by atoms with Crippen LogP contribution in [0.3, 0.4) is 0 Å². The van der Waals surface area contributed by atoms with Gasteiger partial charge in [-0.25, -0.2) is 0 Å². The number of aromatic nitrogens is 2. The molecule has 2 aromatic carbocycles. The molecule has 0 bridgehead atoms. The van der Waals surface area contributed by atoms with Crippen LogP contribution < -0.4 is 14.8 Å². The highest BCUT2D eigenvalue weighted by molar-refractivity contribution is 6.02. The number of aryl methyl sites for hydroxylation is 1. The van der Waals surface area contributed by atoms with Gasteiger partial charge in [-0.1, -0.05) is 12.1 Å². The van der Waals surface area contributed by atoms with E-state index in [0.717, 1.165) is 59.9 Å². The van der Waals surface area contributed by atoms with E-state index in [1.165, 1.54) is 0 Å². The van der Waals surface area contributed by atoms with Crippen molar-refractivity contribution in [2.75, 3.05) is 31.7 Å². The molecule has 0 radical (unpaired) electrons. The third-order valence-corrected chi connectivity index (χ3v) is 6.62. The molecule has 4 heterocycles. The first kappa shape index (κ1) is 21.0. The highest BCUT2D eigenvalue weighted by atomic mass is 16.5. The topological polar surface area (TPSA) is 77.9 Å². The molecule has 1 fully saturated rings. The zero-order chi connectivity index (χ0) is 23.1. The van der Waals surface area contributed by atoms with Crippen molar-refractivity contribution in [2.24, 2.45) is 7.05 Å². The first-order valence-electron chi connectivity index (χ1n) is 11.9. The Balaban J connectivity index is 1.42. The van der Waals surface area contributed by atoms with Gasteiger partial charge in [0.05, 0.1) is 30.6 Å². The van der Waals surface area contributed by atoms with E-state index in [4.69, 9.17) is 19.3 Å². The molecule has 3 aliphatic rings. The molecule has 0 saturated carbocycles. The first-order valence-corrected chi connectivity index (χ1v) is 11.9. The number of nitrogens with one attached hydrogen (secondary N) is 1. The second kappa shape index (κ2) is 8.68. The van der Waals surface area contributed by atoms with Crippen molar-refractivity contribution in [1.82, 2.24) is 14.7 Å². The zero-order valence-electron chi connectivity index (χ0n) is 19.2. The van der Waals surface area contributed by atoms with Crippen LogP contribution in [0, 0.1) is 0 Å². The average molecular weight is 461 g/mol. The number of para-hydroxylation sites is 1. The van der Waals surface area contributed by atoms with E-state index in [9.17, 15) is 4.79 Å². The molecule has 8 heteroatoms. The van der Waals surface area contributed by atoms with Gasteiger partial charge in [0.15, 0.2) is 11.5 Å². The highest BCUT2D eigenvalue weighted by Gasteiger charge is 2.37. The van der Waals surface area contributed by atoms with Gasteiger partial charge in [-0.2, -0.15) is 5.10 Å². The van der Waals surface area contributed by atoms with Crippen LogP contribution >= 0.6 is 0 Å². The van der Waals surface area contributed by atoms with Crippen LogP contribution in [-0.4, -0.2) is 53.1 Å². The second-order valence-electron chi connectivity index (χ2n) is 9.00. The molecule has 1 amide bonds. The van der Waals surface area contributed by atoms with E-state index in [2.05, 4.69) is 5.32 Å². The minimum Gasteiger partial charge on any atom is -0.490 e. The molecule has 0 spiro atoms. The Hall–Kier alpha value is -3.52. The van der Waals surface area contributed by atoms with E-state index in [-0.39, 0.29) is 18.2 Å². The summed E-state index contributed by atoms with van der Waals surface area (Å²) in [5, 5.41) is 8.39. The van der Waals surface area contributed by atoms with Gasteiger partial charge in [-0.15, -0.1) is 0 Å². The van der Waals surface area contributed by atoms with Crippen LogP contribution in [0.15, 0.2) is 48.7 Å². The lowest BCUT2D eigenvalue weighted by Gasteiger charge is -2.39. The predicted octanol–water partition coefficient (Wildman–Crippen LogP) is 3.99. The number of benzene rings is 2. The normalized spacial score (nSPS) is 21.7. The van der Waals surface area contributed by atoms with E-state index in [0.29, 0.717) is 25.3 Å². The molecule has 34 heavy (non-hydrogen) atoms. The molecule has 1 N–H and O–H groups in total. The summed E-state index contributed by atoms with van der Waals surface area (Å²) in [6.45, 7) is 2.54. The van der Waals surface area contributed by atoms with Crippen LogP contribution in [0.4, 0.5) is 5.69 Å². The summed E-state index contributed by atoms with van der Waals surface area (Å²) >= 11 is 0. The number of rotatable bonds is 4. The molecule has 0 unspecified atom stereocenters. The van der Waals surface area contributed by atoms with Crippen LogP contribution in [0.2, 0.25) is 0 Å². The van der Waals surface area contributed by atoms with Crippen LogP contribution in [0.25, 0.3) is 11.3 Å². The minimum atomic E-state index is -0.369. The maximum atomic E-state index is 13.6. The fourth-order valence-electron chi connectivity index (χ4n) is 4.98. The fourth-order valence-corrected chi connectivity index (χ4v) is 4.98. The number of carbonyl (C=O) groups is 1. The molecule has 2 atom stereocenters. The predicted molar refractivity (Wildman–Crippen MR) is 127 cm³/mol. The quantitative estimate of drug-likeness (QED) is 0.634. The van der Waals surface area contributed by atoms with Gasteiger partial charge in [-0.3, -0.25) is 9.48 Å². The lowest BCUT2D eigenvalue weighted by Crippen LogP contribution is -2.46. The summed E-state index contributed by atoms with van der Waals surface area (Å²) in [5.74, 6) is 1.47. The monoisotopic (exact) mass is 460 g/mol. The van der Waals surface area contributed by atoms with Crippen molar-refractivity contribution in [2.45, 2.75) is 31.5 Å². The number of hydrogen-bond acceptors (Lipinski definition) is 6. The minimum absolute atomic E-state index is 0.00307. The molecule has 6 rings (SSSR count). The van der Waals surface area contributed by atoms with E-state index in [1.807, 2.05) is 60.6 Å². The Bertz CT molecular complexity index is 1220. The van der Waals surface area contributed by atoms with Crippen molar-refractivity contribution < 1.29 is 19.0 Å². The van der Waals surface area contributed by atoms with Gasteiger partial charge < -0.3 is 24.4 Å². The van der Waals surface area contributed by atoms with Gasteiger partial charge in [0.1, 0.15) is 6.17 Å². The largest absolute Gasteiger partial charge is 0.490 e.